The SMILES string of the molecule is O=Cc1ccc(-c2cc(F)c(O)c(F)c2)cc1. The molecule has 0 atom stereocenters. The highest BCUT2D eigenvalue weighted by molar-refractivity contribution is 5.77. The third-order valence-corrected chi connectivity index (χ3v) is 2.40. The molecule has 0 unspecified atom stereocenters. The van der Waals surface area contributed by atoms with E-state index < -0.39 is 17.4 Å². The molecule has 0 heterocycles. The van der Waals surface area contributed by atoms with Crippen LogP contribution < -0.4 is 0 Å². The van der Waals surface area contributed by atoms with Gasteiger partial charge in [-0.25, -0.2) is 8.78 Å². The van der Waals surface area contributed by atoms with Gasteiger partial charge in [-0.15, -0.1) is 0 Å². The molecule has 0 radical (unpaired) electrons. The van der Waals surface area contributed by atoms with Crippen molar-refractivity contribution in [3.05, 3.63) is 53.6 Å². The summed E-state index contributed by atoms with van der Waals surface area (Å²) in [6.07, 6.45) is 0.682. The largest absolute Gasteiger partial charge is 0.503 e. The fourth-order valence-electron chi connectivity index (χ4n) is 1.49. The molecule has 0 fully saturated rings. The Kier molecular flexibility index (Phi) is 2.87. The van der Waals surface area contributed by atoms with Gasteiger partial charge in [0.15, 0.2) is 17.4 Å². The summed E-state index contributed by atoms with van der Waals surface area (Å²) in [7, 11) is 0. The van der Waals surface area contributed by atoms with Gasteiger partial charge in [0.05, 0.1) is 0 Å². The topological polar surface area (TPSA) is 37.3 Å². The lowest BCUT2D eigenvalue weighted by molar-refractivity contribution is 0.112. The van der Waals surface area contributed by atoms with Crippen molar-refractivity contribution < 1.29 is 18.7 Å². The standard InChI is InChI=1S/C13H8F2O2/c14-11-5-10(6-12(15)13(11)17)9-3-1-8(7-16)2-4-9/h1-7,17H. The van der Waals surface area contributed by atoms with Gasteiger partial charge in [0.1, 0.15) is 6.29 Å². The number of phenols is 1. The van der Waals surface area contributed by atoms with Crippen molar-refractivity contribution in [2.45, 2.75) is 0 Å². The fraction of sp³-hybridized carbons (Fsp3) is 0. The van der Waals surface area contributed by atoms with Gasteiger partial charge in [0.25, 0.3) is 0 Å². The second kappa shape index (κ2) is 4.33. The van der Waals surface area contributed by atoms with Crippen LogP contribution in [0.15, 0.2) is 36.4 Å². The van der Waals surface area contributed by atoms with E-state index in [4.69, 9.17) is 5.11 Å². The van der Waals surface area contributed by atoms with Crippen molar-refractivity contribution in [1.29, 1.82) is 0 Å². The van der Waals surface area contributed by atoms with E-state index in [-0.39, 0.29) is 0 Å². The molecule has 0 amide bonds. The monoisotopic (exact) mass is 234 g/mol. The van der Waals surface area contributed by atoms with Crippen LogP contribution in [0.4, 0.5) is 8.78 Å². The van der Waals surface area contributed by atoms with Gasteiger partial charge in [-0.2, -0.15) is 0 Å². The van der Waals surface area contributed by atoms with Gasteiger partial charge in [-0.3, -0.25) is 4.79 Å². The molecule has 0 aliphatic carbocycles. The Morgan fingerprint density at radius 2 is 1.47 bits per heavy atom. The summed E-state index contributed by atoms with van der Waals surface area (Å²) in [5, 5.41) is 8.96. The van der Waals surface area contributed by atoms with Crippen molar-refractivity contribution in [2.24, 2.45) is 0 Å². The maximum absolute atomic E-state index is 13.1. The third kappa shape index (κ3) is 2.15. The van der Waals surface area contributed by atoms with Gasteiger partial charge in [-0.05, 0) is 23.3 Å². The van der Waals surface area contributed by atoms with E-state index in [1.165, 1.54) is 0 Å². The van der Waals surface area contributed by atoms with E-state index in [9.17, 15) is 13.6 Å². The van der Waals surface area contributed by atoms with Crippen LogP contribution in [-0.2, 0) is 0 Å². The highest BCUT2D eigenvalue weighted by Crippen LogP contribution is 2.27. The molecular weight excluding hydrogens is 226 g/mol. The van der Waals surface area contributed by atoms with Gasteiger partial charge < -0.3 is 5.11 Å². The highest BCUT2D eigenvalue weighted by Gasteiger charge is 2.10. The second-order valence-electron chi connectivity index (χ2n) is 3.53. The summed E-state index contributed by atoms with van der Waals surface area (Å²) in [6.45, 7) is 0. The van der Waals surface area contributed by atoms with Crippen molar-refractivity contribution >= 4 is 6.29 Å². The number of hydrogen-bond acceptors (Lipinski definition) is 2. The van der Waals surface area contributed by atoms with Crippen LogP contribution in [0.5, 0.6) is 5.75 Å². The average molecular weight is 234 g/mol. The van der Waals surface area contributed by atoms with Crippen LogP contribution in [0.2, 0.25) is 0 Å². The minimum Gasteiger partial charge on any atom is -0.503 e. The van der Waals surface area contributed by atoms with Crippen LogP contribution in [0.1, 0.15) is 10.4 Å². The molecule has 0 saturated heterocycles. The van der Waals surface area contributed by atoms with E-state index in [0.717, 1.165) is 12.1 Å². The van der Waals surface area contributed by atoms with Crippen LogP contribution in [0.3, 0.4) is 0 Å². The number of benzene rings is 2. The maximum atomic E-state index is 13.1. The van der Waals surface area contributed by atoms with E-state index in [0.29, 0.717) is 23.0 Å². The molecule has 2 aromatic rings. The zero-order chi connectivity index (χ0) is 12.4. The van der Waals surface area contributed by atoms with Gasteiger partial charge >= 0.3 is 0 Å². The molecule has 0 aromatic heterocycles. The molecule has 2 aromatic carbocycles. The highest BCUT2D eigenvalue weighted by atomic mass is 19.1. The predicted octanol–water partition coefficient (Wildman–Crippen LogP) is 3.15. The average Bonchev–Trinajstić information content (AvgIpc) is 2.35. The van der Waals surface area contributed by atoms with Crippen molar-refractivity contribution in [3.63, 3.8) is 0 Å². The quantitative estimate of drug-likeness (QED) is 0.810. The Hall–Kier alpha value is -2.23. The number of aromatic hydroxyl groups is 1. The molecule has 2 rings (SSSR count). The fourth-order valence-corrected chi connectivity index (χ4v) is 1.49. The summed E-state index contributed by atoms with van der Waals surface area (Å²) in [4.78, 5) is 10.5. The minimum absolute atomic E-state index is 0.301. The van der Waals surface area contributed by atoms with E-state index in [1.54, 1.807) is 24.3 Å². The summed E-state index contributed by atoms with van der Waals surface area (Å²) < 4.78 is 26.2. The summed E-state index contributed by atoms with van der Waals surface area (Å²) in [5.41, 5.74) is 1.34. The van der Waals surface area contributed by atoms with Gasteiger partial charge in [0, 0.05) is 5.56 Å². The smallest absolute Gasteiger partial charge is 0.187 e. The van der Waals surface area contributed by atoms with Crippen LogP contribution in [-0.4, -0.2) is 11.4 Å². The van der Waals surface area contributed by atoms with E-state index >= 15 is 0 Å². The molecule has 0 aliphatic rings. The normalized spacial score (nSPS) is 10.2. The number of phenolic OH excluding ortho intramolecular Hbond substituents is 1. The first-order valence-corrected chi connectivity index (χ1v) is 4.85. The Bertz CT molecular complexity index is 539. The van der Waals surface area contributed by atoms with Crippen molar-refractivity contribution in [2.75, 3.05) is 0 Å². The Balaban J connectivity index is 2.49. The lowest BCUT2D eigenvalue weighted by Gasteiger charge is -2.04. The third-order valence-electron chi connectivity index (χ3n) is 2.40. The van der Waals surface area contributed by atoms with E-state index in [2.05, 4.69) is 0 Å². The van der Waals surface area contributed by atoms with Crippen molar-refractivity contribution in [3.8, 4) is 16.9 Å². The zero-order valence-electron chi connectivity index (χ0n) is 8.65. The van der Waals surface area contributed by atoms with Crippen LogP contribution >= 0.6 is 0 Å². The molecule has 1 N–H and O–H groups in total. The first kappa shape index (κ1) is 11.3. The van der Waals surface area contributed by atoms with Crippen LogP contribution in [0.25, 0.3) is 11.1 Å². The maximum Gasteiger partial charge on any atom is 0.187 e. The summed E-state index contributed by atoms with van der Waals surface area (Å²) in [6, 6.07) is 8.32. The number of carbonyl (C=O) groups is 1. The zero-order valence-corrected chi connectivity index (χ0v) is 8.65. The lowest BCUT2D eigenvalue weighted by Crippen LogP contribution is -1.87. The predicted molar refractivity (Wildman–Crippen MR) is 58.8 cm³/mol. The number of carbonyl (C=O) groups excluding carboxylic acids is 1. The summed E-state index contributed by atoms with van der Waals surface area (Å²) >= 11 is 0. The molecule has 0 bridgehead atoms. The number of rotatable bonds is 2. The minimum atomic E-state index is -1.01. The Labute approximate surface area is 96.1 Å². The molecule has 2 nitrogen and oxygen atoms in total. The first-order valence-electron chi connectivity index (χ1n) is 4.85. The molecule has 0 saturated carbocycles. The van der Waals surface area contributed by atoms with E-state index in [1.807, 2.05) is 0 Å². The Morgan fingerprint density at radius 1 is 0.941 bits per heavy atom. The second-order valence-corrected chi connectivity index (χ2v) is 3.53. The molecule has 17 heavy (non-hydrogen) atoms. The summed E-state index contributed by atoms with van der Waals surface area (Å²) in [5.74, 6) is -3.02. The molecule has 0 aliphatic heterocycles. The first-order chi connectivity index (χ1) is 8.11. The molecule has 86 valence electrons. The van der Waals surface area contributed by atoms with Gasteiger partial charge in [-0.1, -0.05) is 24.3 Å². The lowest BCUT2D eigenvalue weighted by atomic mass is 10.0. The molecule has 4 heteroatoms. The number of hydrogen-bond donors (Lipinski definition) is 1. The molecular formula is C13H8F2O2. The molecule has 0 spiro atoms. The number of halogens is 2. The van der Waals surface area contributed by atoms with Crippen molar-refractivity contribution in [1.82, 2.24) is 0 Å². The Morgan fingerprint density at radius 3 is 1.94 bits per heavy atom. The number of aldehydes is 1. The van der Waals surface area contributed by atoms with Gasteiger partial charge in [0.2, 0.25) is 0 Å². The van der Waals surface area contributed by atoms with Crippen LogP contribution in [0, 0.1) is 11.6 Å².